The van der Waals surface area contributed by atoms with Crippen LogP contribution >= 0.6 is 0 Å². The van der Waals surface area contributed by atoms with Crippen molar-refractivity contribution in [1.82, 2.24) is 4.98 Å². The van der Waals surface area contributed by atoms with E-state index in [1.54, 1.807) is 6.20 Å². The normalized spacial score (nSPS) is 22.1. The summed E-state index contributed by atoms with van der Waals surface area (Å²) in [7, 11) is 0. The molecule has 1 aromatic heterocycles. The number of aliphatic hydroxyl groups is 1. The summed E-state index contributed by atoms with van der Waals surface area (Å²) in [4.78, 5) is 3.75. The molecule has 0 saturated heterocycles. The van der Waals surface area contributed by atoms with Crippen LogP contribution in [0.4, 0.5) is 4.39 Å². The average Bonchev–Trinajstić information content (AvgIpc) is 2.13. The van der Waals surface area contributed by atoms with Crippen LogP contribution in [0.25, 0.3) is 0 Å². The monoisotopic (exact) mass is 209 g/mol. The first kappa shape index (κ1) is 10.6. The molecule has 2 nitrogen and oxygen atoms in total. The largest absolute Gasteiger partial charge is 0.388 e. The summed E-state index contributed by atoms with van der Waals surface area (Å²) < 4.78 is 12.9. The van der Waals surface area contributed by atoms with Gasteiger partial charge in [0.25, 0.3) is 0 Å². The van der Waals surface area contributed by atoms with E-state index >= 15 is 0 Å². The first-order valence-corrected chi connectivity index (χ1v) is 5.26. The minimum atomic E-state index is -0.568. The van der Waals surface area contributed by atoms with Crippen molar-refractivity contribution in [1.29, 1.82) is 0 Å². The number of rotatable bonds is 2. The van der Waals surface area contributed by atoms with Gasteiger partial charge in [-0.2, -0.15) is 0 Å². The predicted molar refractivity (Wildman–Crippen MR) is 55.7 cm³/mol. The van der Waals surface area contributed by atoms with Crippen LogP contribution < -0.4 is 0 Å². The smallest absolute Gasteiger partial charge is 0.141 e. The molecule has 1 N–H and O–H groups in total. The molecule has 82 valence electrons. The molecule has 1 heterocycles. The van der Waals surface area contributed by atoms with Crippen LogP contribution in [0, 0.1) is 17.2 Å². The van der Waals surface area contributed by atoms with Crippen molar-refractivity contribution in [3.8, 4) is 0 Å². The SMILES string of the molecule is CC1(C)CC([C@H](O)c2cncc(F)c2)C1. The third-order valence-electron chi connectivity index (χ3n) is 3.14. The van der Waals surface area contributed by atoms with Gasteiger partial charge < -0.3 is 5.11 Å². The minimum Gasteiger partial charge on any atom is -0.388 e. The lowest BCUT2D eigenvalue weighted by molar-refractivity contribution is -0.0149. The highest BCUT2D eigenvalue weighted by molar-refractivity contribution is 5.15. The van der Waals surface area contributed by atoms with Crippen LogP contribution in [0.15, 0.2) is 18.5 Å². The second kappa shape index (κ2) is 3.56. The van der Waals surface area contributed by atoms with E-state index in [1.165, 1.54) is 6.07 Å². The van der Waals surface area contributed by atoms with Crippen LogP contribution in [0.5, 0.6) is 0 Å². The van der Waals surface area contributed by atoms with Gasteiger partial charge in [0.15, 0.2) is 0 Å². The molecule has 0 spiro atoms. The summed E-state index contributed by atoms with van der Waals surface area (Å²) in [5.41, 5.74) is 0.919. The maximum absolute atomic E-state index is 12.9. The topological polar surface area (TPSA) is 33.1 Å². The van der Waals surface area contributed by atoms with E-state index in [2.05, 4.69) is 18.8 Å². The summed E-state index contributed by atoms with van der Waals surface area (Å²) in [5, 5.41) is 9.99. The number of aromatic nitrogens is 1. The van der Waals surface area contributed by atoms with E-state index in [1.807, 2.05) is 0 Å². The van der Waals surface area contributed by atoms with Gasteiger partial charge in [-0.15, -0.1) is 0 Å². The Balaban J connectivity index is 2.06. The molecule has 3 heteroatoms. The fourth-order valence-electron chi connectivity index (χ4n) is 2.45. The molecule has 0 bridgehead atoms. The molecule has 1 aromatic rings. The molecule has 1 aliphatic rings. The number of pyridine rings is 1. The maximum Gasteiger partial charge on any atom is 0.141 e. The van der Waals surface area contributed by atoms with Crippen LogP contribution in [0.1, 0.15) is 38.4 Å². The summed E-state index contributed by atoms with van der Waals surface area (Å²) in [6.45, 7) is 4.36. The zero-order chi connectivity index (χ0) is 11.1. The van der Waals surface area contributed by atoms with Crippen molar-refractivity contribution in [2.75, 3.05) is 0 Å². The lowest BCUT2D eigenvalue weighted by atomic mass is 9.62. The summed E-state index contributed by atoms with van der Waals surface area (Å²) in [6.07, 6.45) is 4.11. The molecule has 0 radical (unpaired) electrons. The Bertz CT molecular complexity index is 356. The molecule has 1 fully saturated rings. The van der Waals surface area contributed by atoms with Crippen LogP contribution in [-0.4, -0.2) is 10.1 Å². The van der Waals surface area contributed by atoms with Gasteiger partial charge in [-0.05, 0) is 30.2 Å². The summed E-state index contributed by atoms with van der Waals surface area (Å²) in [6, 6.07) is 1.36. The van der Waals surface area contributed by atoms with Gasteiger partial charge in [0, 0.05) is 11.8 Å². The van der Waals surface area contributed by atoms with Crippen LogP contribution in [0.2, 0.25) is 0 Å². The molecule has 1 saturated carbocycles. The molecule has 1 atom stereocenters. The minimum absolute atomic E-state index is 0.253. The lowest BCUT2D eigenvalue weighted by Crippen LogP contribution is -2.35. The third-order valence-corrected chi connectivity index (χ3v) is 3.14. The van der Waals surface area contributed by atoms with E-state index in [9.17, 15) is 9.50 Å². The number of nitrogens with zero attached hydrogens (tertiary/aromatic N) is 1. The Hall–Kier alpha value is -0.960. The van der Waals surface area contributed by atoms with E-state index in [-0.39, 0.29) is 11.7 Å². The van der Waals surface area contributed by atoms with Crippen molar-refractivity contribution < 1.29 is 9.50 Å². The number of hydrogen-bond acceptors (Lipinski definition) is 2. The molecule has 0 aliphatic heterocycles. The Morgan fingerprint density at radius 3 is 2.67 bits per heavy atom. The quantitative estimate of drug-likeness (QED) is 0.812. The first-order chi connectivity index (χ1) is 6.98. The van der Waals surface area contributed by atoms with Crippen molar-refractivity contribution in [2.45, 2.75) is 32.8 Å². The molecule has 15 heavy (non-hydrogen) atoms. The summed E-state index contributed by atoms with van der Waals surface area (Å²) in [5.74, 6) is -0.131. The van der Waals surface area contributed by atoms with Gasteiger partial charge in [0.2, 0.25) is 0 Å². The van der Waals surface area contributed by atoms with E-state index in [4.69, 9.17) is 0 Å². The van der Waals surface area contributed by atoms with Gasteiger partial charge in [-0.3, -0.25) is 4.98 Å². The Morgan fingerprint density at radius 1 is 1.47 bits per heavy atom. The molecule has 0 aromatic carbocycles. The zero-order valence-corrected chi connectivity index (χ0v) is 9.07. The number of halogens is 1. The highest BCUT2D eigenvalue weighted by atomic mass is 19.1. The van der Waals surface area contributed by atoms with Gasteiger partial charge in [0.05, 0.1) is 12.3 Å². The van der Waals surface area contributed by atoms with Gasteiger partial charge in [0.1, 0.15) is 5.82 Å². The van der Waals surface area contributed by atoms with Crippen LogP contribution in [0.3, 0.4) is 0 Å². The fraction of sp³-hybridized carbons (Fsp3) is 0.583. The second-order valence-corrected chi connectivity index (χ2v) is 5.21. The van der Waals surface area contributed by atoms with Crippen molar-refractivity contribution >= 4 is 0 Å². The highest BCUT2D eigenvalue weighted by Crippen LogP contribution is 2.50. The zero-order valence-electron chi connectivity index (χ0n) is 9.07. The van der Waals surface area contributed by atoms with Crippen molar-refractivity contribution in [3.63, 3.8) is 0 Å². The first-order valence-electron chi connectivity index (χ1n) is 5.26. The van der Waals surface area contributed by atoms with Gasteiger partial charge in [-0.25, -0.2) is 4.39 Å². The Kier molecular flexibility index (Phi) is 2.51. The van der Waals surface area contributed by atoms with E-state index < -0.39 is 6.10 Å². The molecular formula is C12H16FNO. The predicted octanol–water partition coefficient (Wildman–Crippen LogP) is 2.69. The molecule has 1 aliphatic carbocycles. The maximum atomic E-state index is 12.9. The van der Waals surface area contributed by atoms with E-state index in [0.717, 1.165) is 19.0 Å². The lowest BCUT2D eigenvalue weighted by Gasteiger charge is -2.45. The third kappa shape index (κ3) is 2.17. The standard InChI is InChI=1S/C12H16FNO/c1-12(2)4-9(5-12)11(15)8-3-10(13)7-14-6-8/h3,6-7,9,11,15H,4-5H2,1-2H3/t11-/m1/s1. The Morgan fingerprint density at radius 2 is 2.13 bits per heavy atom. The Labute approximate surface area is 89.2 Å². The second-order valence-electron chi connectivity index (χ2n) is 5.21. The highest BCUT2D eigenvalue weighted by Gasteiger charge is 2.40. The number of aliphatic hydroxyl groups excluding tert-OH is 1. The van der Waals surface area contributed by atoms with E-state index in [0.29, 0.717) is 11.0 Å². The fourth-order valence-corrected chi connectivity index (χ4v) is 2.45. The van der Waals surface area contributed by atoms with Gasteiger partial charge in [-0.1, -0.05) is 13.8 Å². The average molecular weight is 209 g/mol. The molecule has 2 rings (SSSR count). The van der Waals surface area contributed by atoms with Crippen molar-refractivity contribution in [3.05, 3.63) is 29.8 Å². The molecular weight excluding hydrogens is 193 g/mol. The van der Waals surface area contributed by atoms with Crippen LogP contribution in [-0.2, 0) is 0 Å². The molecule has 0 amide bonds. The number of hydrogen-bond donors (Lipinski definition) is 1. The van der Waals surface area contributed by atoms with Crippen molar-refractivity contribution in [2.24, 2.45) is 11.3 Å². The van der Waals surface area contributed by atoms with Gasteiger partial charge >= 0.3 is 0 Å². The molecule has 0 unspecified atom stereocenters. The summed E-state index contributed by atoms with van der Waals surface area (Å²) >= 11 is 0.